The molecule has 33 heavy (non-hydrogen) atoms. The van der Waals surface area contributed by atoms with Crippen LogP contribution in [0.25, 0.3) is 0 Å². The second kappa shape index (κ2) is 6.89. The minimum Gasteiger partial charge on any atom is -0.481 e. The molecule has 0 aromatic heterocycles. The van der Waals surface area contributed by atoms with E-state index in [0.29, 0.717) is 29.1 Å². The zero-order valence-corrected chi connectivity index (χ0v) is 22.3. The minimum atomic E-state index is -1.03. The maximum absolute atomic E-state index is 12.5. The second-order valence-electron chi connectivity index (χ2n) is 15.0. The molecule has 5 aliphatic carbocycles. The number of aliphatic hydroxyl groups excluding tert-OH is 1. The molecule has 2 N–H and O–H groups in total. The van der Waals surface area contributed by atoms with Crippen molar-refractivity contribution < 1.29 is 15.0 Å². The van der Waals surface area contributed by atoms with E-state index in [0.717, 1.165) is 25.7 Å². The molecular weight excluding hydrogens is 408 g/mol. The summed E-state index contributed by atoms with van der Waals surface area (Å²) in [5, 5.41) is 21.1. The van der Waals surface area contributed by atoms with Crippen molar-refractivity contribution in [3.05, 3.63) is 11.6 Å². The Balaban J connectivity index is 1.58. The van der Waals surface area contributed by atoms with Gasteiger partial charge in [0.2, 0.25) is 0 Å². The fraction of sp³-hybridized carbons (Fsp3) is 0.900. The lowest BCUT2D eigenvalue weighted by atomic mass is 9.33. The molecule has 0 heterocycles. The molecule has 0 saturated heterocycles. The van der Waals surface area contributed by atoms with Gasteiger partial charge in [-0.2, -0.15) is 0 Å². The van der Waals surface area contributed by atoms with Gasteiger partial charge in [-0.15, -0.1) is 0 Å². The number of rotatable bonds is 1. The monoisotopic (exact) mass is 456 g/mol. The van der Waals surface area contributed by atoms with E-state index >= 15 is 0 Å². The first-order chi connectivity index (χ1) is 15.1. The zero-order chi connectivity index (χ0) is 24.2. The Labute approximate surface area is 201 Å². The first-order valence-electron chi connectivity index (χ1n) is 13.8. The molecule has 0 aromatic carbocycles. The number of hydrogen-bond acceptors (Lipinski definition) is 2. The molecule has 0 unspecified atom stereocenters. The summed E-state index contributed by atoms with van der Waals surface area (Å²) >= 11 is 0. The number of aliphatic carboxylic acids is 1. The molecule has 0 aliphatic heterocycles. The molecule has 0 radical (unpaired) electrons. The van der Waals surface area contributed by atoms with Gasteiger partial charge in [-0.25, -0.2) is 0 Å². The van der Waals surface area contributed by atoms with Crippen molar-refractivity contribution in [2.45, 2.75) is 119 Å². The van der Waals surface area contributed by atoms with Crippen LogP contribution in [-0.4, -0.2) is 22.3 Å². The lowest BCUT2D eigenvalue weighted by Crippen LogP contribution is -2.66. The van der Waals surface area contributed by atoms with Crippen LogP contribution in [0.15, 0.2) is 11.6 Å². The van der Waals surface area contributed by atoms with Crippen molar-refractivity contribution in [3.63, 3.8) is 0 Å². The average Bonchev–Trinajstić information content (AvgIpc) is 2.72. The number of allylic oxidation sites excluding steroid dienone is 2. The molecule has 0 aromatic rings. The van der Waals surface area contributed by atoms with Gasteiger partial charge in [0.1, 0.15) is 0 Å². The molecule has 3 heteroatoms. The Kier molecular flexibility index (Phi) is 4.99. The van der Waals surface area contributed by atoms with Gasteiger partial charge in [0.15, 0.2) is 0 Å². The SMILES string of the molecule is CC1(C)CC[C@]2(C)CC[C@]3(C)C(=CC[C@H]4[C@@]5(C)CC[C@@H](O)[C@@](C)(C(=O)O)[C@H]5CC[C@]43C)[C@@H]2C1. The highest BCUT2D eigenvalue weighted by atomic mass is 16.4. The van der Waals surface area contributed by atoms with Gasteiger partial charge in [-0.3, -0.25) is 4.79 Å². The maximum Gasteiger partial charge on any atom is 0.312 e. The van der Waals surface area contributed by atoms with Crippen LogP contribution in [0.1, 0.15) is 113 Å². The van der Waals surface area contributed by atoms with E-state index in [1.54, 1.807) is 5.57 Å². The van der Waals surface area contributed by atoms with Gasteiger partial charge >= 0.3 is 5.97 Å². The van der Waals surface area contributed by atoms with E-state index in [4.69, 9.17) is 0 Å². The number of carbonyl (C=O) groups is 1. The summed E-state index contributed by atoms with van der Waals surface area (Å²) in [6, 6.07) is 0. The highest BCUT2D eigenvalue weighted by Gasteiger charge is 2.69. The summed E-state index contributed by atoms with van der Waals surface area (Å²) in [4.78, 5) is 12.5. The third-order valence-electron chi connectivity index (χ3n) is 13.2. The number of carboxylic acid groups (broad SMARTS) is 1. The zero-order valence-electron chi connectivity index (χ0n) is 22.3. The molecule has 0 bridgehead atoms. The summed E-state index contributed by atoms with van der Waals surface area (Å²) in [5.74, 6) is 0.432. The first-order valence-corrected chi connectivity index (χ1v) is 13.8. The second-order valence-corrected chi connectivity index (χ2v) is 15.0. The number of carboxylic acids is 1. The van der Waals surface area contributed by atoms with Crippen LogP contribution in [-0.2, 0) is 4.79 Å². The van der Waals surface area contributed by atoms with Crippen molar-refractivity contribution >= 4 is 5.97 Å². The first kappa shape index (κ1) is 23.9. The standard InChI is InChI=1S/C30H48O3/c1-25(2)14-15-26(3)16-17-28(5)19(20(26)18-25)8-9-21-27(4)12-11-23(31)30(7,24(32)33)22(27)10-13-29(21,28)6/h8,20-23,31H,9-18H2,1-7H3,(H,32,33)/t20-,21-,22-,23+,26+,27+,28+,29+,30-/m0/s1. The highest BCUT2D eigenvalue weighted by molar-refractivity contribution is 5.76. The smallest absolute Gasteiger partial charge is 0.312 e. The quantitative estimate of drug-likeness (QED) is 0.409. The van der Waals surface area contributed by atoms with Crippen LogP contribution >= 0.6 is 0 Å². The third kappa shape index (κ3) is 2.87. The Bertz CT molecular complexity index is 889. The van der Waals surface area contributed by atoms with Gasteiger partial charge in [-0.1, -0.05) is 53.2 Å². The van der Waals surface area contributed by atoms with E-state index in [-0.39, 0.29) is 22.2 Å². The summed E-state index contributed by atoms with van der Waals surface area (Å²) in [6.45, 7) is 16.9. The largest absolute Gasteiger partial charge is 0.481 e. The summed E-state index contributed by atoms with van der Waals surface area (Å²) in [5.41, 5.74) is 1.98. The normalized spacial score (nSPS) is 55.3. The van der Waals surface area contributed by atoms with Gasteiger partial charge in [0.05, 0.1) is 11.5 Å². The number of hydrogen-bond donors (Lipinski definition) is 2. The predicted octanol–water partition coefficient (Wildman–Crippen LogP) is 7.23. The minimum absolute atomic E-state index is 0.0308. The van der Waals surface area contributed by atoms with Gasteiger partial charge in [0.25, 0.3) is 0 Å². The Morgan fingerprint density at radius 3 is 2.21 bits per heavy atom. The Hall–Kier alpha value is -0.830. The highest BCUT2D eigenvalue weighted by Crippen LogP contribution is 2.75. The molecule has 3 nitrogen and oxygen atoms in total. The van der Waals surface area contributed by atoms with Gasteiger partial charge in [-0.05, 0) is 116 Å². The van der Waals surface area contributed by atoms with E-state index in [2.05, 4.69) is 47.6 Å². The lowest BCUT2D eigenvalue weighted by Gasteiger charge is -2.71. The van der Waals surface area contributed by atoms with Crippen LogP contribution in [0.4, 0.5) is 0 Å². The summed E-state index contributed by atoms with van der Waals surface area (Å²) in [6.07, 6.45) is 13.2. The molecule has 0 spiro atoms. The lowest BCUT2D eigenvalue weighted by molar-refractivity contribution is -0.216. The molecule has 9 atom stereocenters. The summed E-state index contributed by atoms with van der Waals surface area (Å²) < 4.78 is 0. The van der Waals surface area contributed by atoms with Crippen molar-refractivity contribution in [2.24, 2.45) is 50.2 Å². The van der Waals surface area contributed by atoms with Crippen molar-refractivity contribution in [2.75, 3.05) is 0 Å². The van der Waals surface area contributed by atoms with Gasteiger partial charge in [0, 0.05) is 0 Å². The molecule has 4 saturated carbocycles. The van der Waals surface area contributed by atoms with Crippen LogP contribution in [0.3, 0.4) is 0 Å². The number of aliphatic hydroxyl groups is 1. The average molecular weight is 457 g/mol. The summed E-state index contributed by atoms with van der Waals surface area (Å²) in [7, 11) is 0. The Morgan fingerprint density at radius 1 is 0.879 bits per heavy atom. The fourth-order valence-electron chi connectivity index (χ4n) is 10.5. The molecule has 4 fully saturated rings. The van der Waals surface area contributed by atoms with Crippen molar-refractivity contribution in [1.82, 2.24) is 0 Å². The van der Waals surface area contributed by atoms with Gasteiger partial charge < -0.3 is 10.2 Å². The van der Waals surface area contributed by atoms with Crippen LogP contribution in [0.2, 0.25) is 0 Å². The molecule has 5 aliphatic rings. The fourth-order valence-corrected chi connectivity index (χ4v) is 10.5. The van der Waals surface area contributed by atoms with E-state index < -0.39 is 17.5 Å². The van der Waals surface area contributed by atoms with E-state index in [1.165, 1.54) is 32.1 Å². The van der Waals surface area contributed by atoms with Crippen LogP contribution < -0.4 is 0 Å². The van der Waals surface area contributed by atoms with Crippen molar-refractivity contribution in [1.29, 1.82) is 0 Å². The van der Waals surface area contributed by atoms with Crippen molar-refractivity contribution in [3.8, 4) is 0 Å². The topological polar surface area (TPSA) is 57.5 Å². The van der Waals surface area contributed by atoms with Crippen LogP contribution in [0, 0.1) is 50.2 Å². The van der Waals surface area contributed by atoms with E-state index in [9.17, 15) is 15.0 Å². The predicted molar refractivity (Wildman–Crippen MR) is 133 cm³/mol. The van der Waals surface area contributed by atoms with Crippen LogP contribution in [0.5, 0.6) is 0 Å². The number of fused-ring (bicyclic) bond motifs is 7. The molecular formula is C30H48O3. The molecule has 186 valence electrons. The Morgan fingerprint density at radius 2 is 1.55 bits per heavy atom. The third-order valence-corrected chi connectivity index (χ3v) is 13.2. The molecule has 5 rings (SSSR count). The van der Waals surface area contributed by atoms with E-state index in [1.807, 2.05) is 6.92 Å². The maximum atomic E-state index is 12.5. The molecule has 0 amide bonds.